The fourth-order valence-corrected chi connectivity index (χ4v) is 6.38. The number of nitrogens with zero attached hydrogens (tertiary/aromatic N) is 5. The van der Waals surface area contributed by atoms with Crippen LogP contribution in [0.15, 0.2) is 165 Å². The lowest BCUT2D eigenvalue weighted by atomic mass is 10.1. The summed E-state index contributed by atoms with van der Waals surface area (Å²) in [4.78, 5) is 20.8. The summed E-state index contributed by atoms with van der Waals surface area (Å²) >= 11 is 0. The second-order valence-corrected chi connectivity index (χ2v) is 12.0. The Bertz CT molecular complexity index is 2630. The maximum absolute atomic E-state index is 6.04. The van der Waals surface area contributed by atoms with Gasteiger partial charge in [0, 0.05) is 50.7 Å². The Balaban J connectivity index is 1.02. The molecule has 0 aliphatic carbocycles. The molecule has 50 heavy (non-hydrogen) atoms. The lowest BCUT2D eigenvalue weighted by molar-refractivity contribution is 0.619. The number of fused-ring (bicyclic) bond motifs is 5. The number of benzene rings is 5. The molecular weight excluding hydrogens is 622 g/mol. The van der Waals surface area contributed by atoms with E-state index in [1.54, 1.807) is 6.20 Å². The number of pyridine rings is 2. The van der Waals surface area contributed by atoms with Gasteiger partial charge in [0.1, 0.15) is 11.0 Å². The first-order valence-electron chi connectivity index (χ1n) is 16.2. The average molecular weight is 648 g/mol. The largest absolute Gasteiger partial charge is 0.436 e. The molecule has 0 bridgehead atoms. The van der Waals surface area contributed by atoms with Crippen LogP contribution in [0.25, 0.3) is 78.6 Å². The molecule has 0 radical (unpaired) electrons. The standard InChI is InChI=1S/C42H25N5O3/c1-3-9-37-35(7-1)45-39(48-37)27-13-19-30(20-14-27)47(31-21-15-28(16-22-31)40-46-36-8-2-4-10-38(36)49-40)29-17-11-26(12-18-29)34-24-23-33-32-6-5-25-43-41(32)50-42(33)44-34/h1-25H. The highest BCUT2D eigenvalue weighted by molar-refractivity contribution is 6.02. The van der Waals surface area contributed by atoms with E-state index >= 15 is 0 Å². The first kappa shape index (κ1) is 28.0. The molecule has 0 aliphatic heterocycles. The van der Waals surface area contributed by atoms with Gasteiger partial charge in [-0.2, -0.15) is 0 Å². The van der Waals surface area contributed by atoms with Crippen LogP contribution in [0.5, 0.6) is 0 Å². The topological polar surface area (TPSA) is 94.2 Å². The number of hydrogen-bond acceptors (Lipinski definition) is 8. The minimum atomic E-state index is 0.569. The first-order valence-corrected chi connectivity index (χ1v) is 16.2. The van der Waals surface area contributed by atoms with Gasteiger partial charge in [-0.05, 0) is 109 Å². The van der Waals surface area contributed by atoms with Gasteiger partial charge in [-0.15, -0.1) is 0 Å². The van der Waals surface area contributed by atoms with Gasteiger partial charge >= 0.3 is 0 Å². The number of rotatable bonds is 6. The molecule has 10 rings (SSSR count). The van der Waals surface area contributed by atoms with Gasteiger partial charge < -0.3 is 18.2 Å². The molecule has 0 fully saturated rings. The van der Waals surface area contributed by atoms with Crippen molar-refractivity contribution in [3.8, 4) is 34.2 Å². The minimum absolute atomic E-state index is 0.569. The maximum atomic E-state index is 6.04. The van der Waals surface area contributed by atoms with E-state index in [1.165, 1.54) is 0 Å². The normalized spacial score (nSPS) is 11.6. The number of hydrogen-bond donors (Lipinski definition) is 0. The smallest absolute Gasteiger partial charge is 0.230 e. The van der Waals surface area contributed by atoms with E-state index in [0.717, 1.165) is 72.4 Å². The molecule has 8 nitrogen and oxygen atoms in total. The summed E-state index contributed by atoms with van der Waals surface area (Å²) in [5.74, 6) is 1.17. The van der Waals surface area contributed by atoms with Crippen molar-refractivity contribution < 1.29 is 13.3 Å². The van der Waals surface area contributed by atoms with Crippen molar-refractivity contribution in [2.24, 2.45) is 0 Å². The van der Waals surface area contributed by atoms with Gasteiger partial charge in [-0.3, -0.25) is 0 Å². The molecule has 5 heterocycles. The van der Waals surface area contributed by atoms with Crippen LogP contribution in [0.4, 0.5) is 17.1 Å². The van der Waals surface area contributed by atoms with Gasteiger partial charge in [0.15, 0.2) is 11.2 Å². The third-order valence-electron chi connectivity index (χ3n) is 8.87. The first-order chi connectivity index (χ1) is 24.7. The van der Waals surface area contributed by atoms with Crippen LogP contribution >= 0.6 is 0 Å². The summed E-state index contributed by atoms with van der Waals surface area (Å²) in [7, 11) is 0. The highest BCUT2D eigenvalue weighted by Crippen LogP contribution is 2.38. The highest BCUT2D eigenvalue weighted by Gasteiger charge is 2.17. The van der Waals surface area contributed by atoms with E-state index < -0.39 is 0 Å². The van der Waals surface area contributed by atoms with Crippen LogP contribution in [-0.2, 0) is 0 Å². The van der Waals surface area contributed by atoms with Gasteiger partial charge in [-0.1, -0.05) is 36.4 Å². The molecule has 10 aromatic rings. The molecule has 0 atom stereocenters. The molecule has 0 amide bonds. The molecule has 0 N–H and O–H groups in total. The summed E-state index contributed by atoms with van der Waals surface area (Å²) in [6.45, 7) is 0. The molecule has 5 aromatic carbocycles. The second kappa shape index (κ2) is 11.3. The third kappa shape index (κ3) is 4.78. The monoisotopic (exact) mass is 647 g/mol. The van der Waals surface area contributed by atoms with Crippen molar-refractivity contribution in [2.45, 2.75) is 0 Å². The molecule has 0 saturated heterocycles. The van der Waals surface area contributed by atoms with Crippen LogP contribution in [0.3, 0.4) is 0 Å². The number of furan rings is 1. The Morgan fingerprint density at radius 3 is 1.48 bits per heavy atom. The van der Waals surface area contributed by atoms with E-state index in [2.05, 4.69) is 68.4 Å². The molecular formula is C42H25N5O3. The van der Waals surface area contributed by atoms with Crippen LogP contribution in [0.1, 0.15) is 0 Å². The van der Waals surface area contributed by atoms with Crippen molar-refractivity contribution >= 4 is 61.5 Å². The summed E-state index contributed by atoms with van der Waals surface area (Å²) in [6.07, 6.45) is 1.72. The zero-order chi connectivity index (χ0) is 33.0. The summed E-state index contributed by atoms with van der Waals surface area (Å²) < 4.78 is 18.0. The predicted octanol–water partition coefficient (Wildman–Crippen LogP) is 11.1. The zero-order valence-electron chi connectivity index (χ0n) is 26.4. The quantitative estimate of drug-likeness (QED) is 0.176. The molecule has 236 valence electrons. The number of oxazole rings is 2. The van der Waals surface area contributed by atoms with Crippen LogP contribution < -0.4 is 4.90 Å². The van der Waals surface area contributed by atoms with Crippen molar-refractivity contribution in [1.82, 2.24) is 19.9 Å². The Morgan fingerprint density at radius 1 is 0.400 bits per heavy atom. The van der Waals surface area contributed by atoms with Crippen LogP contribution in [0.2, 0.25) is 0 Å². The molecule has 8 heteroatoms. The third-order valence-corrected chi connectivity index (χ3v) is 8.87. The fourth-order valence-electron chi connectivity index (χ4n) is 6.38. The molecule has 0 aliphatic rings. The molecule has 0 unspecified atom stereocenters. The Labute approximate surface area is 284 Å². The summed E-state index contributed by atoms with van der Waals surface area (Å²) in [6, 6.07) is 48.4. The van der Waals surface area contributed by atoms with E-state index in [0.29, 0.717) is 23.2 Å². The molecule has 5 aromatic heterocycles. The minimum Gasteiger partial charge on any atom is -0.436 e. The second-order valence-electron chi connectivity index (χ2n) is 12.0. The van der Waals surface area contributed by atoms with Gasteiger partial charge in [-0.25, -0.2) is 19.9 Å². The highest BCUT2D eigenvalue weighted by atomic mass is 16.4. The fraction of sp³-hybridized carbons (Fsp3) is 0. The Morgan fingerprint density at radius 2 is 0.920 bits per heavy atom. The van der Waals surface area contributed by atoms with Crippen molar-refractivity contribution in [2.75, 3.05) is 4.90 Å². The summed E-state index contributed by atoms with van der Waals surface area (Å²) in [5, 5.41) is 1.90. The maximum Gasteiger partial charge on any atom is 0.230 e. The van der Waals surface area contributed by atoms with E-state index in [9.17, 15) is 0 Å². The molecule has 0 saturated carbocycles. The number of aromatic nitrogens is 4. The van der Waals surface area contributed by atoms with Crippen LogP contribution in [-0.4, -0.2) is 19.9 Å². The van der Waals surface area contributed by atoms with Crippen LogP contribution in [0, 0.1) is 0 Å². The van der Waals surface area contributed by atoms with Crippen molar-refractivity contribution in [3.05, 3.63) is 152 Å². The number of anilines is 3. The average Bonchev–Trinajstić information content (AvgIpc) is 3.91. The van der Waals surface area contributed by atoms with Crippen molar-refractivity contribution in [1.29, 1.82) is 0 Å². The predicted molar refractivity (Wildman–Crippen MR) is 195 cm³/mol. The van der Waals surface area contributed by atoms with Crippen molar-refractivity contribution in [3.63, 3.8) is 0 Å². The lowest BCUT2D eigenvalue weighted by Crippen LogP contribution is -2.09. The van der Waals surface area contributed by atoms with E-state index in [-0.39, 0.29) is 0 Å². The van der Waals surface area contributed by atoms with Gasteiger partial charge in [0.25, 0.3) is 0 Å². The lowest BCUT2D eigenvalue weighted by Gasteiger charge is -2.26. The van der Waals surface area contributed by atoms with Gasteiger partial charge in [0.05, 0.1) is 5.69 Å². The van der Waals surface area contributed by atoms with Gasteiger partial charge in [0.2, 0.25) is 23.2 Å². The Kier molecular flexibility index (Phi) is 6.32. The summed E-state index contributed by atoms with van der Waals surface area (Å²) in [5.41, 5.74) is 10.9. The van der Waals surface area contributed by atoms with E-state index in [4.69, 9.17) is 18.2 Å². The number of para-hydroxylation sites is 4. The SMILES string of the molecule is c1ccc2oc(-c3ccc(N(c4ccc(-c5ccc6c(n5)oc5ncccc56)cc4)c4ccc(-c5nc6ccccc6o5)cc4)cc3)nc2c1. The van der Waals surface area contributed by atoms with E-state index in [1.807, 2.05) is 97.1 Å². The zero-order valence-corrected chi connectivity index (χ0v) is 26.4. The molecule has 0 spiro atoms. The Hall–Kier alpha value is -7.06.